The summed E-state index contributed by atoms with van der Waals surface area (Å²) >= 11 is 0. The average molecular weight is 465 g/mol. The summed E-state index contributed by atoms with van der Waals surface area (Å²) in [7, 11) is 2.51. The van der Waals surface area contributed by atoms with E-state index in [1.54, 1.807) is 13.8 Å². The van der Waals surface area contributed by atoms with Crippen molar-refractivity contribution in [3.63, 3.8) is 0 Å². The Hall–Kier alpha value is -3.96. The van der Waals surface area contributed by atoms with Crippen LogP contribution in [0.4, 0.5) is 14.7 Å². The molecule has 3 N–H and O–H groups in total. The van der Waals surface area contributed by atoms with Gasteiger partial charge in [-0.3, -0.25) is 4.99 Å². The topological polar surface area (TPSA) is 130 Å². The zero-order chi connectivity index (χ0) is 24.4. The molecule has 0 amide bonds. The number of halogens is 2. The summed E-state index contributed by atoms with van der Waals surface area (Å²) < 4.78 is 48.9. The normalized spacial score (nSPS) is 12.4. The number of ether oxygens (including phenoxy) is 4. The van der Waals surface area contributed by atoms with Crippen LogP contribution in [0, 0.1) is 11.6 Å². The van der Waals surface area contributed by atoms with Crippen molar-refractivity contribution in [1.82, 2.24) is 9.97 Å². The minimum Gasteiger partial charge on any atom is -0.494 e. The molecule has 178 valence electrons. The zero-order valence-corrected chi connectivity index (χ0v) is 18.6. The number of aliphatic imine (C=N–C) groups is 1. The SMILES string of the molecule is CCOC(=O)C(C)N=C/C(=C\N)Nc1ncc(OCc2c(F)c(OC)cc(OC)c2F)cn1. The largest absolute Gasteiger partial charge is 0.494 e. The van der Waals surface area contributed by atoms with Crippen molar-refractivity contribution in [2.75, 3.05) is 26.1 Å². The monoisotopic (exact) mass is 465 g/mol. The Bertz CT molecular complexity index is 987. The Morgan fingerprint density at radius 1 is 1.21 bits per heavy atom. The summed E-state index contributed by atoms with van der Waals surface area (Å²) in [4.78, 5) is 23.8. The van der Waals surface area contributed by atoms with Crippen LogP contribution in [0.25, 0.3) is 0 Å². The Labute approximate surface area is 189 Å². The maximum atomic E-state index is 14.4. The highest BCUT2D eigenvalue weighted by molar-refractivity contribution is 5.85. The molecule has 10 nitrogen and oxygen atoms in total. The fraction of sp³-hybridized carbons (Fsp3) is 0.333. The second kappa shape index (κ2) is 12.2. The molecule has 2 rings (SSSR count). The van der Waals surface area contributed by atoms with Gasteiger partial charge in [0, 0.05) is 18.5 Å². The fourth-order valence-electron chi connectivity index (χ4n) is 2.44. The van der Waals surface area contributed by atoms with Gasteiger partial charge in [0.1, 0.15) is 12.6 Å². The van der Waals surface area contributed by atoms with Crippen molar-refractivity contribution < 1.29 is 32.5 Å². The number of esters is 1. The fourth-order valence-corrected chi connectivity index (χ4v) is 2.44. The Morgan fingerprint density at radius 2 is 1.82 bits per heavy atom. The van der Waals surface area contributed by atoms with Crippen molar-refractivity contribution in [2.24, 2.45) is 10.7 Å². The third kappa shape index (κ3) is 6.76. The smallest absolute Gasteiger partial charge is 0.330 e. The van der Waals surface area contributed by atoms with Gasteiger partial charge in [-0.25, -0.2) is 23.5 Å². The van der Waals surface area contributed by atoms with Crippen LogP contribution in [-0.4, -0.2) is 49.0 Å². The van der Waals surface area contributed by atoms with Crippen LogP contribution in [0.15, 0.2) is 35.3 Å². The maximum Gasteiger partial charge on any atom is 0.330 e. The lowest BCUT2D eigenvalue weighted by molar-refractivity contribution is -0.144. The van der Waals surface area contributed by atoms with Crippen LogP contribution in [0.3, 0.4) is 0 Å². The van der Waals surface area contributed by atoms with Gasteiger partial charge in [0.2, 0.25) is 5.95 Å². The molecule has 0 aliphatic carbocycles. The third-order valence-corrected chi connectivity index (χ3v) is 4.18. The molecule has 1 aromatic carbocycles. The number of methoxy groups -OCH3 is 2. The lowest BCUT2D eigenvalue weighted by Crippen LogP contribution is -2.19. The molecule has 1 heterocycles. The summed E-state index contributed by atoms with van der Waals surface area (Å²) in [5.41, 5.74) is 5.51. The molecule has 0 fully saturated rings. The molecule has 0 saturated carbocycles. The minimum atomic E-state index is -0.899. The molecular formula is C21H25F2N5O5. The molecule has 0 saturated heterocycles. The second-order valence-corrected chi connectivity index (χ2v) is 6.37. The summed E-state index contributed by atoms with van der Waals surface area (Å²) in [5.74, 6) is -2.32. The van der Waals surface area contributed by atoms with Gasteiger partial charge in [-0.1, -0.05) is 0 Å². The van der Waals surface area contributed by atoms with Crippen LogP contribution in [0.2, 0.25) is 0 Å². The van der Waals surface area contributed by atoms with Crippen LogP contribution >= 0.6 is 0 Å². The van der Waals surface area contributed by atoms with Gasteiger partial charge in [-0.2, -0.15) is 0 Å². The number of nitrogens with two attached hydrogens (primary N) is 1. The first-order chi connectivity index (χ1) is 15.8. The van der Waals surface area contributed by atoms with E-state index >= 15 is 0 Å². The van der Waals surface area contributed by atoms with Gasteiger partial charge >= 0.3 is 5.97 Å². The van der Waals surface area contributed by atoms with E-state index in [1.165, 1.54) is 39.0 Å². The van der Waals surface area contributed by atoms with Crippen molar-refractivity contribution in [1.29, 1.82) is 0 Å². The van der Waals surface area contributed by atoms with E-state index in [0.717, 1.165) is 6.07 Å². The molecule has 0 radical (unpaired) electrons. The number of anilines is 1. The number of carbonyl (C=O) groups is 1. The molecule has 0 bridgehead atoms. The van der Waals surface area contributed by atoms with E-state index in [9.17, 15) is 13.6 Å². The van der Waals surface area contributed by atoms with Crippen molar-refractivity contribution in [3.8, 4) is 17.2 Å². The van der Waals surface area contributed by atoms with Crippen LogP contribution in [0.5, 0.6) is 17.2 Å². The summed E-state index contributed by atoms with van der Waals surface area (Å²) in [6.07, 6.45) is 5.16. The predicted molar refractivity (Wildman–Crippen MR) is 116 cm³/mol. The zero-order valence-electron chi connectivity index (χ0n) is 18.6. The summed E-state index contributed by atoms with van der Waals surface area (Å²) in [6.45, 7) is 3.08. The van der Waals surface area contributed by atoms with Crippen molar-refractivity contribution >= 4 is 18.1 Å². The quantitative estimate of drug-likeness (QED) is 0.380. The summed E-state index contributed by atoms with van der Waals surface area (Å²) in [6, 6.07) is 0.395. The van der Waals surface area contributed by atoms with Gasteiger partial charge in [0.15, 0.2) is 28.9 Å². The maximum absolute atomic E-state index is 14.4. The number of hydrogen-bond donors (Lipinski definition) is 2. The molecule has 2 aromatic rings. The van der Waals surface area contributed by atoms with Gasteiger partial charge in [0.25, 0.3) is 0 Å². The van der Waals surface area contributed by atoms with Crippen LogP contribution in [-0.2, 0) is 16.1 Å². The number of benzene rings is 1. The third-order valence-electron chi connectivity index (χ3n) is 4.18. The number of carbonyl (C=O) groups excluding carboxylic acids is 1. The molecule has 0 spiro atoms. The van der Waals surface area contributed by atoms with E-state index in [4.69, 9.17) is 24.7 Å². The first kappa shape index (κ1) is 25.3. The van der Waals surface area contributed by atoms with Gasteiger partial charge < -0.3 is 30.0 Å². The van der Waals surface area contributed by atoms with Gasteiger partial charge in [-0.15, -0.1) is 0 Å². The molecular weight excluding hydrogens is 440 g/mol. The number of hydrogen-bond acceptors (Lipinski definition) is 10. The summed E-state index contributed by atoms with van der Waals surface area (Å²) in [5, 5.41) is 2.81. The van der Waals surface area contributed by atoms with Gasteiger partial charge in [0.05, 0.1) is 44.5 Å². The molecule has 12 heteroatoms. The van der Waals surface area contributed by atoms with E-state index in [2.05, 4.69) is 20.3 Å². The Balaban J connectivity index is 2.04. The highest BCUT2D eigenvalue weighted by Crippen LogP contribution is 2.31. The van der Waals surface area contributed by atoms with Crippen molar-refractivity contribution in [2.45, 2.75) is 26.5 Å². The highest BCUT2D eigenvalue weighted by Gasteiger charge is 2.20. The Kier molecular flexibility index (Phi) is 9.33. The number of nitrogens with zero attached hydrogens (tertiary/aromatic N) is 3. The van der Waals surface area contributed by atoms with Gasteiger partial charge in [-0.05, 0) is 13.8 Å². The second-order valence-electron chi connectivity index (χ2n) is 6.37. The molecule has 1 aromatic heterocycles. The number of rotatable bonds is 11. The molecule has 0 aliphatic heterocycles. The minimum absolute atomic E-state index is 0.148. The standard InChI is InChI=1S/C21H25F2N5O5/c1-5-32-20(29)12(2)25-8-13(7-24)28-21-26-9-14(10-27-21)33-11-15-18(22)16(30-3)6-17(31-4)19(15)23/h6-10,12H,5,11,24H2,1-4H3,(H,26,27,28)/b13-7+,25-8?. The van der Waals surface area contributed by atoms with E-state index < -0.39 is 30.3 Å². The lowest BCUT2D eigenvalue weighted by atomic mass is 10.1. The average Bonchev–Trinajstić information content (AvgIpc) is 2.82. The number of allylic oxidation sites excluding steroid dienone is 1. The van der Waals surface area contributed by atoms with Crippen LogP contribution < -0.4 is 25.3 Å². The Morgan fingerprint density at radius 3 is 2.33 bits per heavy atom. The molecule has 1 unspecified atom stereocenters. The predicted octanol–water partition coefficient (Wildman–Crippen LogP) is 2.59. The lowest BCUT2D eigenvalue weighted by Gasteiger charge is -2.13. The van der Waals surface area contributed by atoms with Crippen LogP contribution in [0.1, 0.15) is 19.4 Å². The van der Waals surface area contributed by atoms with Crippen molar-refractivity contribution in [3.05, 3.63) is 47.6 Å². The molecule has 0 aliphatic rings. The number of nitrogens with one attached hydrogen (secondary N) is 1. The molecule has 1 atom stereocenters. The van der Waals surface area contributed by atoms with E-state index in [-0.39, 0.29) is 35.4 Å². The first-order valence-corrected chi connectivity index (χ1v) is 9.76. The number of aromatic nitrogens is 2. The van der Waals surface area contributed by atoms with E-state index in [0.29, 0.717) is 5.70 Å². The highest BCUT2D eigenvalue weighted by atomic mass is 19.1. The van der Waals surface area contributed by atoms with E-state index in [1.807, 2.05) is 0 Å². The first-order valence-electron chi connectivity index (χ1n) is 9.76. The molecule has 33 heavy (non-hydrogen) atoms.